The molecule has 0 saturated heterocycles. The van der Waals surface area contributed by atoms with E-state index < -0.39 is 5.97 Å². The van der Waals surface area contributed by atoms with Gasteiger partial charge in [0.25, 0.3) is 5.91 Å². The van der Waals surface area contributed by atoms with Crippen molar-refractivity contribution in [2.75, 3.05) is 19.0 Å². The molecule has 1 aliphatic rings. The Labute approximate surface area is 167 Å². The Bertz CT molecular complexity index is 877. The highest BCUT2D eigenvalue weighted by molar-refractivity contribution is 7.17. The lowest BCUT2D eigenvalue weighted by molar-refractivity contribution is 0.0526. The molecule has 3 rings (SSSR count). The summed E-state index contributed by atoms with van der Waals surface area (Å²) in [7, 11) is 1.50. The monoisotopic (exact) mass is 407 g/mol. The number of ether oxygens (including phenoxy) is 2. The number of halogens is 1. The number of fused-ring (bicyclic) bond motifs is 1. The zero-order valence-corrected chi connectivity index (χ0v) is 17.1. The minimum Gasteiger partial charge on any atom is -0.496 e. The lowest BCUT2D eigenvalue weighted by Crippen LogP contribution is -2.17. The summed E-state index contributed by atoms with van der Waals surface area (Å²) in [5.41, 5.74) is 1.81. The number of esters is 1. The van der Waals surface area contributed by atoms with Gasteiger partial charge >= 0.3 is 5.97 Å². The summed E-state index contributed by atoms with van der Waals surface area (Å²) in [5, 5.41) is 3.84. The van der Waals surface area contributed by atoms with E-state index >= 15 is 0 Å². The van der Waals surface area contributed by atoms with Gasteiger partial charge in [0.05, 0.1) is 24.8 Å². The molecule has 0 aliphatic heterocycles. The molecule has 0 saturated carbocycles. The number of rotatable bonds is 5. The number of hydrogen-bond acceptors (Lipinski definition) is 5. The van der Waals surface area contributed by atoms with Crippen LogP contribution >= 0.6 is 22.9 Å². The van der Waals surface area contributed by atoms with Crippen molar-refractivity contribution in [1.29, 1.82) is 0 Å². The van der Waals surface area contributed by atoms with Crippen LogP contribution in [0.2, 0.25) is 5.02 Å². The van der Waals surface area contributed by atoms with Crippen molar-refractivity contribution in [1.82, 2.24) is 0 Å². The summed E-state index contributed by atoms with van der Waals surface area (Å²) in [6.07, 6.45) is 2.74. The molecular formula is C20H22ClNO4S. The maximum atomic E-state index is 12.9. The Kier molecular flexibility index (Phi) is 6.07. The fourth-order valence-corrected chi connectivity index (χ4v) is 4.85. The van der Waals surface area contributed by atoms with E-state index in [4.69, 9.17) is 21.1 Å². The maximum absolute atomic E-state index is 12.9. The average molecular weight is 408 g/mol. The van der Waals surface area contributed by atoms with Gasteiger partial charge in [-0.05, 0) is 55.9 Å². The summed E-state index contributed by atoms with van der Waals surface area (Å²) in [6.45, 7) is 4.25. The van der Waals surface area contributed by atoms with Gasteiger partial charge < -0.3 is 14.8 Å². The first-order chi connectivity index (χ1) is 12.9. The van der Waals surface area contributed by atoms with E-state index in [1.165, 1.54) is 18.4 Å². The zero-order valence-electron chi connectivity index (χ0n) is 15.6. The van der Waals surface area contributed by atoms with Crippen LogP contribution in [0.1, 0.15) is 51.4 Å². The van der Waals surface area contributed by atoms with Crippen LogP contribution in [0.5, 0.6) is 5.75 Å². The second kappa shape index (κ2) is 8.31. The smallest absolute Gasteiger partial charge is 0.341 e. The van der Waals surface area contributed by atoms with Crippen LogP contribution in [0.3, 0.4) is 0 Å². The second-order valence-corrected chi connectivity index (χ2v) is 8.12. The molecule has 27 heavy (non-hydrogen) atoms. The topological polar surface area (TPSA) is 64.6 Å². The summed E-state index contributed by atoms with van der Waals surface area (Å²) in [5.74, 6) is 0.219. The molecule has 1 aliphatic carbocycles. The van der Waals surface area contributed by atoms with E-state index in [1.807, 2.05) is 0 Å². The molecule has 0 fully saturated rings. The predicted molar refractivity (Wildman–Crippen MR) is 107 cm³/mol. The molecule has 1 unspecified atom stereocenters. The van der Waals surface area contributed by atoms with Gasteiger partial charge in [-0.25, -0.2) is 4.79 Å². The van der Waals surface area contributed by atoms with Gasteiger partial charge in [-0.3, -0.25) is 4.79 Å². The lowest BCUT2D eigenvalue weighted by Gasteiger charge is -2.18. The van der Waals surface area contributed by atoms with E-state index in [0.717, 1.165) is 29.7 Å². The van der Waals surface area contributed by atoms with Crippen molar-refractivity contribution in [3.05, 3.63) is 44.8 Å². The summed E-state index contributed by atoms with van der Waals surface area (Å²) in [4.78, 5) is 26.6. The number of thiophene rings is 1. The van der Waals surface area contributed by atoms with E-state index in [2.05, 4.69) is 12.2 Å². The molecule has 2 aromatic rings. The lowest BCUT2D eigenvalue weighted by atomic mass is 9.88. The zero-order chi connectivity index (χ0) is 19.6. The van der Waals surface area contributed by atoms with Gasteiger partial charge in [0.2, 0.25) is 0 Å². The minimum atomic E-state index is -0.391. The van der Waals surface area contributed by atoms with E-state index in [0.29, 0.717) is 32.8 Å². The molecule has 1 N–H and O–H groups in total. The highest BCUT2D eigenvalue weighted by Crippen LogP contribution is 2.40. The standard InChI is InChI=1S/C20H22ClNO4S/c1-4-26-20(24)17-13-7-5-11(2)9-16(13)27-19(17)22-18(23)14-10-12(21)6-8-15(14)25-3/h6,8,10-11H,4-5,7,9H2,1-3H3,(H,22,23). The molecule has 7 heteroatoms. The number of nitrogens with one attached hydrogen (secondary N) is 1. The fraction of sp³-hybridized carbons (Fsp3) is 0.400. The SMILES string of the molecule is CCOC(=O)c1c(NC(=O)c2cc(Cl)ccc2OC)sc2c1CCC(C)C2. The molecule has 1 aromatic carbocycles. The normalized spacial score (nSPS) is 15.8. The van der Waals surface area contributed by atoms with Gasteiger partial charge in [0, 0.05) is 9.90 Å². The van der Waals surface area contributed by atoms with Gasteiger partial charge in [0.15, 0.2) is 0 Å². The second-order valence-electron chi connectivity index (χ2n) is 6.58. The molecule has 144 valence electrons. The number of anilines is 1. The van der Waals surface area contributed by atoms with E-state index in [1.54, 1.807) is 25.1 Å². The highest BCUT2D eigenvalue weighted by Gasteiger charge is 2.29. The van der Waals surface area contributed by atoms with Crippen LogP contribution in [0.15, 0.2) is 18.2 Å². The quantitative estimate of drug-likeness (QED) is 0.711. The third kappa shape index (κ3) is 4.12. The molecule has 1 amide bonds. The minimum absolute atomic E-state index is 0.287. The highest BCUT2D eigenvalue weighted by atomic mass is 35.5. The van der Waals surface area contributed by atoms with Crippen LogP contribution < -0.4 is 10.1 Å². The Morgan fingerprint density at radius 3 is 2.85 bits per heavy atom. The van der Waals surface area contributed by atoms with Crippen LogP contribution in [-0.4, -0.2) is 25.6 Å². The van der Waals surface area contributed by atoms with Crippen molar-refractivity contribution in [3.8, 4) is 5.75 Å². The first-order valence-electron chi connectivity index (χ1n) is 8.91. The van der Waals surface area contributed by atoms with Crippen molar-refractivity contribution in [2.24, 2.45) is 5.92 Å². The number of carbonyl (C=O) groups excluding carboxylic acids is 2. The predicted octanol–water partition coefficient (Wildman–Crippen LogP) is 4.96. The number of carbonyl (C=O) groups is 2. The van der Waals surface area contributed by atoms with Gasteiger partial charge in [-0.1, -0.05) is 18.5 Å². The molecule has 1 aromatic heterocycles. The molecule has 0 radical (unpaired) electrons. The summed E-state index contributed by atoms with van der Waals surface area (Å²) < 4.78 is 10.5. The number of amides is 1. The largest absolute Gasteiger partial charge is 0.496 e. The average Bonchev–Trinajstić information content (AvgIpc) is 2.98. The molecule has 5 nitrogen and oxygen atoms in total. The van der Waals surface area contributed by atoms with E-state index in [9.17, 15) is 9.59 Å². The van der Waals surface area contributed by atoms with Crippen molar-refractivity contribution >= 4 is 39.8 Å². The summed E-state index contributed by atoms with van der Waals surface area (Å²) in [6, 6.07) is 4.85. The molecule has 0 spiro atoms. The van der Waals surface area contributed by atoms with Crippen LogP contribution in [-0.2, 0) is 17.6 Å². The molecule has 1 heterocycles. The number of hydrogen-bond donors (Lipinski definition) is 1. The molecular weight excluding hydrogens is 386 g/mol. The molecule has 1 atom stereocenters. The third-order valence-electron chi connectivity index (χ3n) is 4.62. The van der Waals surface area contributed by atoms with Crippen molar-refractivity contribution in [3.63, 3.8) is 0 Å². The first kappa shape index (κ1) is 19.7. The van der Waals surface area contributed by atoms with Gasteiger partial charge in [-0.15, -0.1) is 11.3 Å². The molecule has 0 bridgehead atoms. The fourth-order valence-electron chi connectivity index (χ4n) is 3.29. The first-order valence-corrected chi connectivity index (χ1v) is 10.1. The maximum Gasteiger partial charge on any atom is 0.341 e. The Morgan fingerprint density at radius 2 is 2.15 bits per heavy atom. The Morgan fingerprint density at radius 1 is 1.37 bits per heavy atom. The van der Waals surface area contributed by atoms with Crippen molar-refractivity contribution in [2.45, 2.75) is 33.1 Å². The van der Waals surface area contributed by atoms with Crippen LogP contribution in [0.25, 0.3) is 0 Å². The summed E-state index contributed by atoms with van der Waals surface area (Å²) >= 11 is 7.49. The van der Waals surface area contributed by atoms with Crippen LogP contribution in [0, 0.1) is 5.92 Å². The number of benzene rings is 1. The Balaban J connectivity index is 1.98. The van der Waals surface area contributed by atoms with Crippen LogP contribution in [0.4, 0.5) is 5.00 Å². The van der Waals surface area contributed by atoms with Crippen molar-refractivity contribution < 1.29 is 19.1 Å². The van der Waals surface area contributed by atoms with Gasteiger partial charge in [0.1, 0.15) is 10.8 Å². The third-order valence-corrected chi connectivity index (χ3v) is 6.03. The Hall–Kier alpha value is -2.05. The van der Waals surface area contributed by atoms with E-state index in [-0.39, 0.29) is 12.5 Å². The van der Waals surface area contributed by atoms with Gasteiger partial charge in [-0.2, -0.15) is 0 Å². The number of methoxy groups -OCH3 is 1.